The number of urea groups is 1. The van der Waals surface area contributed by atoms with E-state index in [9.17, 15) is 13.2 Å². The lowest BCUT2D eigenvalue weighted by Gasteiger charge is -2.39. The van der Waals surface area contributed by atoms with Gasteiger partial charge in [0.2, 0.25) is 0 Å². The first-order valence-electron chi connectivity index (χ1n) is 8.33. The molecule has 0 bridgehead atoms. The van der Waals surface area contributed by atoms with Gasteiger partial charge in [0, 0.05) is 25.0 Å². The van der Waals surface area contributed by atoms with Gasteiger partial charge >= 0.3 is 6.03 Å². The lowest BCUT2D eigenvalue weighted by atomic mass is 9.92. The van der Waals surface area contributed by atoms with Crippen LogP contribution < -0.4 is 5.32 Å². The molecule has 0 radical (unpaired) electrons. The molecule has 2 aromatic carbocycles. The highest BCUT2D eigenvalue weighted by Gasteiger charge is 2.30. The van der Waals surface area contributed by atoms with Crippen LogP contribution in [0.25, 0.3) is 0 Å². The van der Waals surface area contributed by atoms with Crippen LogP contribution >= 0.6 is 11.6 Å². The molecule has 138 valence electrons. The molecule has 2 aromatic rings. The lowest BCUT2D eigenvalue weighted by Crippen LogP contribution is -2.52. The molecule has 5 nitrogen and oxygen atoms in total. The number of hydrogen-bond donors (Lipinski definition) is 1. The first kappa shape index (κ1) is 18.7. The summed E-state index contributed by atoms with van der Waals surface area (Å²) in [4.78, 5) is 14.0. The molecule has 1 fully saturated rings. The van der Waals surface area contributed by atoms with Crippen molar-refractivity contribution in [2.24, 2.45) is 5.92 Å². The number of rotatable bonds is 4. The number of carbonyl (C=O) groups is 1. The normalized spacial score (nSPS) is 14.8. The minimum atomic E-state index is -3.45. The van der Waals surface area contributed by atoms with Crippen molar-refractivity contribution in [3.63, 3.8) is 0 Å². The molecule has 0 saturated carbocycles. The monoisotopic (exact) mass is 392 g/mol. The Morgan fingerprint density at radius 1 is 1.19 bits per heavy atom. The number of hydrogen-bond acceptors (Lipinski definition) is 3. The zero-order chi connectivity index (χ0) is 18.9. The number of halogens is 1. The number of nitrogens with zero attached hydrogens (tertiary/aromatic N) is 1. The van der Waals surface area contributed by atoms with Crippen molar-refractivity contribution in [1.29, 1.82) is 0 Å². The van der Waals surface area contributed by atoms with Crippen molar-refractivity contribution in [3.05, 3.63) is 58.6 Å². The fourth-order valence-electron chi connectivity index (χ4n) is 2.99. The number of likely N-dealkylation sites (tertiary alicyclic amines) is 1. The van der Waals surface area contributed by atoms with Crippen LogP contribution in [0, 0.1) is 12.8 Å². The maximum atomic E-state index is 12.3. The zero-order valence-corrected chi connectivity index (χ0v) is 16.3. The van der Waals surface area contributed by atoms with E-state index in [4.69, 9.17) is 11.6 Å². The second-order valence-corrected chi connectivity index (χ2v) is 9.20. The number of amides is 2. The average molecular weight is 393 g/mol. The van der Waals surface area contributed by atoms with Crippen LogP contribution in [-0.4, -0.2) is 38.7 Å². The van der Waals surface area contributed by atoms with E-state index in [-0.39, 0.29) is 15.9 Å². The third-order valence-electron chi connectivity index (χ3n) is 4.47. The van der Waals surface area contributed by atoms with Crippen LogP contribution in [0.1, 0.15) is 11.1 Å². The third-order valence-corrected chi connectivity index (χ3v) is 6.05. The van der Waals surface area contributed by atoms with Gasteiger partial charge in [0.1, 0.15) is 0 Å². The average Bonchev–Trinajstić information content (AvgIpc) is 2.53. The molecular weight excluding hydrogens is 372 g/mol. The molecule has 2 amide bonds. The Balaban J connectivity index is 1.56. The number of carbonyl (C=O) groups excluding carboxylic acids is 1. The summed E-state index contributed by atoms with van der Waals surface area (Å²) in [6.07, 6.45) is 2.04. The van der Waals surface area contributed by atoms with Gasteiger partial charge in [0.05, 0.1) is 9.92 Å². The summed E-state index contributed by atoms with van der Waals surface area (Å²) >= 11 is 5.92. The van der Waals surface area contributed by atoms with Gasteiger partial charge in [-0.05, 0) is 43.0 Å². The molecule has 0 atom stereocenters. The Bertz CT molecular complexity index is 920. The van der Waals surface area contributed by atoms with E-state index in [1.165, 1.54) is 23.3 Å². The molecule has 0 aliphatic carbocycles. The van der Waals surface area contributed by atoms with Gasteiger partial charge in [-0.3, -0.25) is 0 Å². The summed E-state index contributed by atoms with van der Waals surface area (Å²) in [5.74, 6) is 0.445. The fourth-order valence-corrected chi connectivity index (χ4v) is 4.29. The van der Waals surface area contributed by atoms with Crippen molar-refractivity contribution in [1.82, 2.24) is 4.90 Å². The van der Waals surface area contributed by atoms with Crippen molar-refractivity contribution in [2.75, 3.05) is 24.7 Å². The minimum Gasteiger partial charge on any atom is -0.324 e. The van der Waals surface area contributed by atoms with Crippen LogP contribution in [0.3, 0.4) is 0 Å². The molecule has 0 spiro atoms. The van der Waals surface area contributed by atoms with Crippen LogP contribution in [0.5, 0.6) is 0 Å². The zero-order valence-electron chi connectivity index (χ0n) is 14.7. The molecule has 7 heteroatoms. The molecule has 0 unspecified atom stereocenters. The van der Waals surface area contributed by atoms with Gasteiger partial charge in [0.25, 0.3) is 0 Å². The Morgan fingerprint density at radius 3 is 2.46 bits per heavy atom. The second kappa shape index (κ2) is 7.29. The van der Waals surface area contributed by atoms with E-state index in [1.54, 1.807) is 11.0 Å². The topological polar surface area (TPSA) is 66.5 Å². The highest BCUT2D eigenvalue weighted by atomic mass is 35.5. The predicted octanol–water partition coefficient (Wildman–Crippen LogP) is 3.76. The molecule has 1 aliphatic heterocycles. The molecule has 1 saturated heterocycles. The Labute approximate surface area is 158 Å². The second-order valence-electron chi connectivity index (χ2n) is 6.81. The molecule has 3 rings (SSSR count). The summed E-state index contributed by atoms with van der Waals surface area (Å²) < 4.78 is 23.4. The van der Waals surface area contributed by atoms with Gasteiger partial charge in [-0.1, -0.05) is 41.4 Å². The lowest BCUT2D eigenvalue weighted by molar-refractivity contribution is 0.131. The Morgan fingerprint density at radius 2 is 1.85 bits per heavy atom. The van der Waals surface area contributed by atoms with Crippen molar-refractivity contribution < 1.29 is 13.2 Å². The first-order valence-corrected chi connectivity index (χ1v) is 10.6. The predicted molar refractivity (Wildman–Crippen MR) is 104 cm³/mol. The van der Waals surface area contributed by atoms with E-state index in [2.05, 4.69) is 36.5 Å². The molecule has 26 heavy (non-hydrogen) atoms. The van der Waals surface area contributed by atoms with Crippen molar-refractivity contribution >= 4 is 33.2 Å². The molecule has 1 heterocycles. The van der Waals surface area contributed by atoms with Gasteiger partial charge in [-0.15, -0.1) is 0 Å². The maximum Gasteiger partial charge on any atom is 0.321 e. The highest BCUT2D eigenvalue weighted by Crippen LogP contribution is 2.26. The van der Waals surface area contributed by atoms with E-state index in [0.717, 1.165) is 12.7 Å². The van der Waals surface area contributed by atoms with Crippen LogP contribution in [0.4, 0.5) is 10.5 Å². The number of benzene rings is 2. The largest absolute Gasteiger partial charge is 0.324 e. The van der Waals surface area contributed by atoms with Crippen LogP contribution in [0.15, 0.2) is 47.4 Å². The number of nitrogens with one attached hydrogen (secondary N) is 1. The minimum absolute atomic E-state index is 0.0119. The van der Waals surface area contributed by atoms with Crippen molar-refractivity contribution in [2.45, 2.75) is 18.2 Å². The van der Waals surface area contributed by atoms with Gasteiger partial charge in [-0.25, -0.2) is 13.2 Å². The molecule has 1 N–H and O–H groups in total. The fraction of sp³-hybridized carbons (Fsp3) is 0.316. The van der Waals surface area contributed by atoms with E-state index in [0.29, 0.717) is 24.7 Å². The van der Waals surface area contributed by atoms with Crippen molar-refractivity contribution in [3.8, 4) is 0 Å². The molecule has 0 aromatic heterocycles. The van der Waals surface area contributed by atoms with Gasteiger partial charge in [-0.2, -0.15) is 0 Å². The Hall–Kier alpha value is -2.05. The summed E-state index contributed by atoms with van der Waals surface area (Å²) in [7, 11) is -3.45. The van der Waals surface area contributed by atoms with E-state index in [1.807, 2.05) is 0 Å². The molecular formula is C19H21ClN2O3S. The first-order chi connectivity index (χ1) is 12.2. The summed E-state index contributed by atoms with van der Waals surface area (Å²) in [6, 6.07) is 12.7. The third kappa shape index (κ3) is 4.37. The SMILES string of the molecule is Cc1ccc(CC2CN(C(=O)Nc3ccc(Cl)c(S(C)(=O)=O)c3)C2)cc1. The van der Waals surface area contributed by atoms with Gasteiger partial charge in [0.15, 0.2) is 9.84 Å². The summed E-state index contributed by atoms with van der Waals surface area (Å²) in [5, 5.41) is 2.89. The maximum absolute atomic E-state index is 12.3. The van der Waals surface area contributed by atoms with Crippen LogP contribution in [-0.2, 0) is 16.3 Å². The number of anilines is 1. The molecule has 1 aliphatic rings. The quantitative estimate of drug-likeness (QED) is 0.861. The summed E-state index contributed by atoms with van der Waals surface area (Å²) in [6.45, 7) is 3.43. The van der Waals surface area contributed by atoms with Gasteiger partial charge < -0.3 is 10.2 Å². The van der Waals surface area contributed by atoms with E-state index < -0.39 is 9.84 Å². The number of aryl methyl sites for hydroxylation is 1. The smallest absolute Gasteiger partial charge is 0.321 e. The standard InChI is InChI=1S/C19H21ClN2O3S/c1-13-3-5-14(6-4-13)9-15-11-22(12-15)19(23)21-16-7-8-17(20)18(10-16)26(2,24)25/h3-8,10,15H,9,11-12H2,1-2H3,(H,21,23). The summed E-state index contributed by atoms with van der Waals surface area (Å²) in [5.41, 5.74) is 2.93. The highest BCUT2D eigenvalue weighted by molar-refractivity contribution is 7.90. The number of sulfone groups is 1. The van der Waals surface area contributed by atoms with Crippen LogP contribution in [0.2, 0.25) is 5.02 Å². The Kier molecular flexibility index (Phi) is 5.25. The van der Waals surface area contributed by atoms with E-state index >= 15 is 0 Å².